The Kier molecular flexibility index (Phi) is 6.01. The topological polar surface area (TPSA) is 112 Å². The molecule has 1 aromatic carbocycles. The lowest BCUT2D eigenvalue weighted by Crippen LogP contribution is -2.27. The molecule has 1 aromatic heterocycles. The van der Waals surface area contributed by atoms with Gasteiger partial charge in [-0.1, -0.05) is 18.2 Å². The standard InChI is InChI=1S/C13H13N3.C4H4O4/c1-2-4-13-12(3-1)10(5-6-15-13)7-11-8-14-9-16-11;5-3(6)1-2-4(7)8/h1-6,9,11H,7-8H2,(H,14,16);1-2H,(H,5,6)(H,7,8). The summed E-state index contributed by atoms with van der Waals surface area (Å²) in [5.74, 6) is -2.51. The average molecular weight is 327 g/mol. The van der Waals surface area contributed by atoms with E-state index in [2.05, 4.69) is 39.6 Å². The number of para-hydroxylation sites is 1. The van der Waals surface area contributed by atoms with E-state index in [4.69, 9.17) is 10.2 Å². The van der Waals surface area contributed by atoms with Gasteiger partial charge in [0.1, 0.15) is 0 Å². The summed E-state index contributed by atoms with van der Waals surface area (Å²) in [6.45, 7) is 0.872. The second kappa shape index (κ2) is 8.42. The number of pyridine rings is 1. The maximum Gasteiger partial charge on any atom is 0.328 e. The largest absolute Gasteiger partial charge is 0.478 e. The van der Waals surface area contributed by atoms with E-state index in [1.165, 1.54) is 10.9 Å². The Balaban J connectivity index is 0.000000224. The van der Waals surface area contributed by atoms with Crippen LogP contribution in [0.15, 0.2) is 53.7 Å². The molecule has 7 nitrogen and oxygen atoms in total. The van der Waals surface area contributed by atoms with Crippen molar-refractivity contribution in [1.29, 1.82) is 0 Å². The molecule has 124 valence electrons. The first-order chi connectivity index (χ1) is 11.6. The lowest BCUT2D eigenvalue weighted by atomic mass is 10.0. The number of fused-ring (bicyclic) bond motifs is 1. The van der Waals surface area contributed by atoms with Crippen molar-refractivity contribution in [2.75, 3.05) is 6.54 Å². The highest BCUT2D eigenvalue weighted by atomic mass is 16.4. The van der Waals surface area contributed by atoms with Crippen LogP contribution in [0.4, 0.5) is 0 Å². The van der Waals surface area contributed by atoms with E-state index in [0.29, 0.717) is 18.2 Å². The molecule has 0 radical (unpaired) electrons. The third-order valence-electron chi connectivity index (χ3n) is 3.30. The molecule has 7 heteroatoms. The molecule has 1 aliphatic heterocycles. The molecule has 0 amide bonds. The quantitative estimate of drug-likeness (QED) is 0.734. The third kappa shape index (κ3) is 5.20. The Bertz CT molecular complexity index is 757. The number of hydrogen-bond donors (Lipinski definition) is 3. The summed E-state index contributed by atoms with van der Waals surface area (Å²) in [7, 11) is 0. The molecule has 24 heavy (non-hydrogen) atoms. The number of aliphatic imine (C=N–C) groups is 1. The van der Waals surface area contributed by atoms with Gasteiger partial charge in [0.05, 0.1) is 24.4 Å². The van der Waals surface area contributed by atoms with Crippen molar-refractivity contribution < 1.29 is 19.8 Å². The zero-order valence-electron chi connectivity index (χ0n) is 12.8. The maximum absolute atomic E-state index is 9.55. The number of carboxylic acids is 2. The normalized spacial score (nSPS) is 15.8. The highest BCUT2D eigenvalue weighted by molar-refractivity contribution is 5.89. The number of nitrogens with zero attached hydrogens (tertiary/aromatic N) is 2. The van der Waals surface area contributed by atoms with Crippen molar-refractivity contribution in [3.8, 4) is 0 Å². The highest BCUT2D eigenvalue weighted by Crippen LogP contribution is 2.18. The van der Waals surface area contributed by atoms with E-state index in [0.717, 1.165) is 18.5 Å². The smallest absolute Gasteiger partial charge is 0.328 e. The predicted octanol–water partition coefficient (Wildman–Crippen LogP) is 1.49. The molecule has 0 spiro atoms. The van der Waals surface area contributed by atoms with Crippen molar-refractivity contribution in [2.45, 2.75) is 12.5 Å². The first-order valence-electron chi connectivity index (χ1n) is 7.27. The number of rotatable bonds is 4. The fraction of sp³-hybridized carbons (Fsp3) is 0.176. The van der Waals surface area contributed by atoms with Crippen LogP contribution in [0.5, 0.6) is 0 Å². The van der Waals surface area contributed by atoms with Crippen LogP contribution < -0.4 is 5.32 Å². The van der Waals surface area contributed by atoms with Gasteiger partial charge in [0.25, 0.3) is 0 Å². The minimum Gasteiger partial charge on any atom is -0.478 e. The highest BCUT2D eigenvalue weighted by Gasteiger charge is 2.12. The van der Waals surface area contributed by atoms with Crippen LogP contribution >= 0.6 is 0 Å². The van der Waals surface area contributed by atoms with E-state index >= 15 is 0 Å². The summed E-state index contributed by atoms with van der Waals surface area (Å²) in [6.07, 6.45) is 5.80. The Morgan fingerprint density at radius 2 is 1.88 bits per heavy atom. The number of hydrogen-bond acceptors (Lipinski definition) is 5. The Morgan fingerprint density at radius 3 is 2.50 bits per heavy atom. The lowest BCUT2D eigenvalue weighted by molar-refractivity contribution is -0.134. The summed E-state index contributed by atoms with van der Waals surface area (Å²) in [6, 6.07) is 10.8. The molecule has 2 aromatic rings. The predicted molar refractivity (Wildman–Crippen MR) is 90.1 cm³/mol. The molecule has 0 saturated heterocycles. The van der Waals surface area contributed by atoms with Gasteiger partial charge < -0.3 is 15.5 Å². The average Bonchev–Trinajstić information content (AvgIpc) is 3.07. The molecule has 3 rings (SSSR count). The van der Waals surface area contributed by atoms with Gasteiger partial charge >= 0.3 is 11.9 Å². The van der Waals surface area contributed by atoms with Crippen LogP contribution in [0.1, 0.15) is 5.56 Å². The van der Waals surface area contributed by atoms with Gasteiger partial charge in [-0.3, -0.25) is 9.98 Å². The molecule has 1 unspecified atom stereocenters. The van der Waals surface area contributed by atoms with Gasteiger partial charge in [0, 0.05) is 23.7 Å². The summed E-state index contributed by atoms with van der Waals surface area (Å²) >= 11 is 0. The van der Waals surface area contributed by atoms with Gasteiger partial charge in [-0.05, 0) is 24.1 Å². The van der Waals surface area contributed by atoms with Gasteiger partial charge in [-0.2, -0.15) is 0 Å². The first-order valence-corrected chi connectivity index (χ1v) is 7.27. The van der Waals surface area contributed by atoms with Crippen molar-refractivity contribution >= 4 is 29.2 Å². The Hall–Kier alpha value is -3.22. The van der Waals surface area contributed by atoms with Gasteiger partial charge in [0.15, 0.2) is 0 Å². The molecule has 0 fully saturated rings. The number of aromatic nitrogens is 1. The van der Waals surface area contributed by atoms with Crippen molar-refractivity contribution in [3.63, 3.8) is 0 Å². The number of carbonyl (C=O) groups is 2. The summed E-state index contributed by atoms with van der Waals surface area (Å²) in [5.41, 5.74) is 2.41. The van der Waals surface area contributed by atoms with Crippen LogP contribution in [0, 0.1) is 0 Å². The minimum atomic E-state index is -1.26. The zero-order chi connectivity index (χ0) is 17.4. The van der Waals surface area contributed by atoms with E-state index in [9.17, 15) is 9.59 Å². The van der Waals surface area contributed by atoms with Gasteiger partial charge in [-0.25, -0.2) is 9.59 Å². The van der Waals surface area contributed by atoms with Crippen LogP contribution in [0.2, 0.25) is 0 Å². The van der Waals surface area contributed by atoms with E-state index in [1.807, 2.05) is 12.3 Å². The zero-order valence-corrected chi connectivity index (χ0v) is 12.8. The number of benzene rings is 1. The summed E-state index contributed by atoms with van der Waals surface area (Å²) in [5, 5.41) is 20.1. The van der Waals surface area contributed by atoms with Gasteiger partial charge in [-0.15, -0.1) is 0 Å². The molecular formula is C17H17N3O4. The molecule has 2 heterocycles. The molecule has 3 N–H and O–H groups in total. The number of aliphatic carboxylic acids is 2. The minimum absolute atomic E-state index is 0.436. The molecule has 1 aliphatic rings. The maximum atomic E-state index is 9.55. The Labute approximate surface area is 138 Å². The molecule has 0 bridgehead atoms. The lowest BCUT2D eigenvalue weighted by Gasteiger charge is -2.11. The van der Waals surface area contributed by atoms with Crippen LogP contribution in [-0.4, -0.2) is 46.1 Å². The van der Waals surface area contributed by atoms with Crippen LogP contribution in [0.25, 0.3) is 10.9 Å². The molecule has 0 saturated carbocycles. The number of carboxylic acid groups (broad SMARTS) is 2. The van der Waals surface area contributed by atoms with Crippen molar-refractivity contribution in [3.05, 3.63) is 54.2 Å². The van der Waals surface area contributed by atoms with Crippen molar-refractivity contribution in [2.24, 2.45) is 4.99 Å². The van der Waals surface area contributed by atoms with E-state index < -0.39 is 11.9 Å². The fourth-order valence-corrected chi connectivity index (χ4v) is 2.26. The third-order valence-corrected chi connectivity index (χ3v) is 3.30. The SMILES string of the molecule is C1=NCC(Cc2ccnc3ccccc23)N1.O=C(O)C=CC(=O)O. The van der Waals surface area contributed by atoms with E-state index in [1.54, 1.807) is 6.34 Å². The molecular weight excluding hydrogens is 310 g/mol. The van der Waals surface area contributed by atoms with Crippen molar-refractivity contribution in [1.82, 2.24) is 10.3 Å². The summed E-state index contributed by atoms with van der Waals surface area (Å²) < 4.78 is 0. The second-order valence-electron chi connectivity index (χ2n) is 5.06. The van der Waals surface area contributed by atoms with E-state index in [-0.39, 0.29) is 0 Å². The second-order valence-corrected chi connectivity index (χ2v) is 5.06. The number of nitrogens with one attached hydrogen (secondary N) is 1. The monoisotopic (exact) mass is 327 g/mol. The van der Waals surface area contributed by atoms with Crippen LogP contribution in [0.3, 0.4) is 0 Å². The molecule has 1 atom stereocenters. The fourth-order valence-electron chi connectivity index (χ4n) is 2.26. The molecule has 0 aliphatic carbocycles. The summed E-state index contributed by atoms with van der Waals surface area (Å²) in [4.78, 5) is 27.7. The first kappa shape index (κ1) is 17.1. The van der Waals surface area contributed by atoms with Gasteiger partial charge in [0.2, 0.25) is 0 Å². The Morgan fingerprint density at radius 1 is 1.17 bits per heavy atom. The van der Waals surface area contributed by atoms with Crippen LogP contribution in [-0.2, 0) is 16.0 Å².